The molecule has 2 heteroatoms. The Balaban J connectivity index is 2.09. The molecule has 1 aliphatic carbocycles. The first-order valence-corrected chi connectivity index (χ1v) is 8.08. The third kappa shape index (κ3) is 3.10. The summed E-state index contributed by atoms with van der Waals surface area (Å²) in [6, 6.07) is 16.3. The van der Waals surface area contributed by atoms with Crippen LogP contribution in [-0.4, -0.2) is 0 Å². The molecule has 0 radical (unpaired) electrons. The van der Waals surface area contributed by atoms with Crippen LogP contribution in [0.5, 0.6) is 0 Å². The third-order valence-corrected chi connectivity index (χ3v) is 4.52. The Labute approximate surface area is 137 Å². The zero-order chi connectivity index (χ0) is 15.5. The average Bonchev–Trinajstić information content (AvgIpc) is 2.56. The van der Waals surface area contributed by atoms with Crippen molar-refractivity contribution in [2.24, 2.45) is 5.92 Å². The van der Waals surface area contributed by atoms with E-state index in [1.165, 1.54) is 22.3 Å². The standard InChI is InChI=1S/C20H20ClN/c1-2-14-3-12-19(15-6-10-18(22)11-7-15)20(13-14)16-4-8-17(21)9-5-16/h3-12,14H,2,13,22H2,1H3. The maximum Gasteiger partial charge on any atom is 0.0406 e. The molecule has 0 amide bonds. The Kier molecular flexibility index (Phi) is 4.35. The summed E-state index contributed by atoms with van der Waals surface area (Å²) in [4.78, 5) is 0. The molecule has 0 heterocycles. The average molecular weight is 310 g/mol. The van der Waals surface area contributed by atoms with Gasteiger partial charge in [0.05, 0.1) is 0 Å². The Morgan fingerprint density at radius 1 is 1.00 bits per heavy atom. The van der Waals surface area contributed by atoms with Crippen LogP contribution in [0.1, 0.15) is 30.9 Å². The number of allylic oxidation sites excluding steroid dienone is 4. The molecule has 0 saturated carbocycles. The lowest BCUT2D eigenvalue weighted by molar-refractivity contribution is 0.643. The highest BCUT2D eigenvalue weighted by Gasteiger charge is 2.17. The highest BCUT2D eigenvalue weighted by Crippen LogP contribution is 2.38. The molecule has 0 aliphatic heterocycles. The second kappa shape index (κ2) is 6.41. The van der Waals surface area contributed by atoms with E-state index < -0.39 is 0 Å². The van der Waals surface area contributed by atoms with Crippen molar-refractivity contribution in [1.82, 2.24) is 0 Å². The minimum absolute atomic E-state index is 0.600. The number of benzene rings is 2. The van der Waals surface area contributed by atoms with Crippen LogP contribution in [0.3, 0.4) is 0 Å². The van der Waals surface area contributed by atoms with Crippen LogP contribution >= 0.6 is 11.6 Å². The lowest BCUT2D eigenvalue weighted by Gasteiger charge is -2.22. The summed E-state index contributed by atoms with van der Waals surface area (Å²) in [6.45, 7) is 2.24. The van der Waals surface area contributed by atoms with Crippen molar-refractivity contribution >= 4 is 28.4 Å². The van der Waals surface area contributed by atoms with Gasteiger partial charge in [-0.25, -0.2) is 0 Å². The Morgan fingerprint density at radius 2 is 1.64 bits per heavy atom. The SMILES string of the molecule is CCC1C=CC(c2ccc(N)cc2)=C(c2ccc(Cl)cc2)C1. The monoisotopic (exact) mass is 309 g/mol. The van der Waals surface area contributed by atoms with Crippen LogP contribution in [0, 0.1) is 5.92 Å². The van der Waals surface area contributed by atoms with Gasteiger partial charge in [0.1, 0.15) is 0 Å². The molecule has 1 nitrogen and oxygen atoms in total. The van der Waals surface area contributed by atoms with E-state index in [0.717, 1.165) is 23.6 Å². The van der Waals surface area contributed by atoms with Crippen LogP contribution in [0.15, 0.2) is 60.7 Å². The number of halogens is 1. The molecule has 0 fully saturated rings. The van der Waals surface area contributed by atoms with Gasteiger partial charge in [-0.15, -0.1) is 0 Å². The normalized spacial score (nSPS) is 17.8. The molecular weight excluding hydrogens is 290 g/mol. The topological polar surface area (TPSA) is 26.0 Å². The van der Waals surface area contributed by atoms with Gasteiger partial charge in [0, 0.05) is 10.7 Å². The van der Waals surface area contributed by atoms with Gasteiger partial charge in [-0.05, 0) is 65.3 Å². The van der Waals surface area contributed by atoms with E-state index in [9.17, 15) is 0 Å². The zero-order valence-corrected chi connectivity index (χ0v) is 13.5. The molecule has 1 unspecified atom stereocenters. The van der Waals surface area contributed by atoms with Crippen molar-refractivity contribution < 1.29 is 0 Å². The molecule has 3 rings (SSSR count). The van der Waals surface area contributed by atoms with Crippen LogP contribution in [0.2, 0.25) is 5.02 Å². The number of hydrogen-bond acceptors (Lipinski definition) is 1. The fourth-order valence-electron chi connectivity index (χ4n) is 2.91. The molecule has 2 aromatic rings. The van der Waals surface area contributed by atoms with Gasteiger partial charge in [0.25, 0.3) is 0 Å². The Hall–Kier alpha value is -1.99. The van der Waals surface area contributed by atoms with Gasteiger partial charge in [-0.1, -0.05) is 54.9 Å². The van der Waals surface area contributed by atoms with E-state index >= 15 is 0 Å². The van der Waals surface area contributed by atoms with Gasteiger partial charge in [-0.2, -0.15) is 0 Å². The maximum absolute atomic E-state index is 6.03. The smallest absolute Gasteiger partial charge is 0.0406 e. The zero-order valence-electron chi connectivity index (χ0n) is 12.7. The molecule has 2 N–H and O–H groups in total. The van der Waals surface area contributed by atoms with E-state index in [-0.39, 0.29) is 0 Å². The molecule has 0 bridgehead atoms. The van der Waals surface area contributed by atoms with E-state index in [1.807, 2.05) is 24.3 Å². The predicted molar refractivity (Wildman–Crippen MR) is 96.7 cm³/mol. The summed E-state index contributed by atoms with van der Waals surface area (Å²) in [5.41, 5.74) is 11.7. The van der Waals surface area contributed by atoms with E-state index in [1.54, 1.807) is 0 Å². The quantitative estimate of drug-likeness (QED) is 0.710. The first kappa shape index (κ1) is 14.9. The van der Waals surface area contributed by atoms with E-state index in [4.69, 9.17) is 17.3 Å². The lowest BCUT2D eigenvalue weighted by atomic mass is 9.82. The number of hydrogen-bond donors (Lipinski definition) is 1. The molecule has 112 valence electrons. The van der Waals surface area contributed by atoms with E-state index in [0.29, 0.717) is 5.92 Å². The van der Waals surface area contributed by atoms with Gasteiger partial charge < -0.3 is 5.73 Å². The first-order chi connectivity index (χ1) is 10.7. The van der Waals surface area contributed by atoms with Gasteiger partial charge >= 0.3 is 0 Å². The summed E-state index contributed by atoms with van der Waals surface area (Å²) >= 11 is 6.03. The number of nitrogens with two attached hydrogens (primary N) is 1. The third-order valence-electron chi connectivity index (χ3n) is 4.27. The largest absolute Gasteiger partial charge is 0.399 e. The lowest BCUT2D eigenvalue weighted by Crippen LogP contribution is -2.04. The molecule has 1 atom stereocenters. The fraction of sp³-hybridized carbons (Fsp3) is 0.200. The summed E-state index contributed by atoms with van der Waals surface area (Å²) in [5, 5.41) is 0.775. The molecule has 1 aliphatic rings. The van der Waals surface area contributed by atoms with Crippen LogP contribution < -0.4 is 5.73 Å². The Bertz CT molecular complexity index is 708. The van der Waals surface area contributed by atoms with Crippen molar-refractivity contribution in [3.05, 3.63) is 76.8 Å². The molecule has 2 aromatic carbocycles. The molecular formula is C20H20ClN. The van der Waals surface area contributed by atoms with Crippen molar-refractivity contribution in [2.75, 3.05) is 5.73 Å². The van der Waals surface area contributed by atoms with Crippen LogP contribution in [0.25, 0.3) is 11.1 Å². The molecule has 0 saturated heterocycles. The number of anilines is 1. The summed E-state index contributed by atoms with van der Waals surface area (Å²) in [5.74, 6) is 0.600. The second-order valence-corrected chi connectivity index (χ2v) is 6.19. The molecule has 22 heavy (non-hydrogen) atoms. The number of rotatable bonds is 3. The van der Waals surface area contributed by atoms with Crippen LogP contribution in [-0.2, 0) is 0 Å². The Morgan fingerprint density at radius 3 is 2.27 bits per heavy atom. The van der Waals surface area contributed by atoms with Crippen molar-refractivity contribution in [3.63, 3.8) is 0 Å². The predicted octanol–water partition coefficient (Wildman–Crippen LogP) is 5.82. The second-order valence-electron chi connectivity index (χ2n) is 5.75. The minimum Gasteiger partial charge on any atom is -0.399 e. The van der Waals surface area contributed by atoms with Gasteiger partial charge in [-0.3, -0.25) is 0 Å². The van der Waals surface area contributed by atoms with Crippen molar-refractivity contribution in [2.45, 2.75) is 19.8 Å². The van der Waals surface area contributed by atoms with Crippen molar-refractivity contribution in [3.8, 4) is 0 Å². The number of nitrogen functional groups attached to an aromatic ring is 1. The summed E-state index contributed by atoms with van der Waals surface area (Å²) < 4.78 is 0. The van der Waals surface area contributed by atoms with Gasteiger partial charge in [0.15, 0.2) is 0 Å². The first-order valence-electron chi connectivity index (χ1n) is 7.70. The highest BCUT2D eigenvalue weighted by atomic mass is 35.5. The molecule has 0 spiro atoms. The molecule has 0 aromatic heterocycles. The highest BCUT2D eigenvalue weighted by molar-refractivity contribution is 6.30. The van der Waals surface area contributed by atoms with Gasteiger partial charge in [0.2, 0.25) is 0 Å². The fourth-order valence-corrected chi connectivity index (χ4v) is 3.04. The van der Waals surface area contributed by atoms with Crippen molar-refractivity contribution in [1.29, 1.82) is 0 Å². The van der Waals surface area contributed by atoms with E-state index in [2.05, 4.69) is 43.3 Å². The summed E-state index contributed by atoms with van der Waals surface area (Å²) in [7, 11) is 0. The summed E-state index contributed by atoms with van der Waals surface area (Å²) in [6.07, 6.45) is 6.80. The van der Waals surface area contributed by atoms with Crippen LogP contribution in [0.4, 0.5) is 5.69 Å². The maximum atomic E-state index is 6.03. The minimum atomic E-state index is 0.600.